The molecule has 0 spiro atoms. The molecule has 0 aliphatic carbocycles. The first-order valence-corrected chi connectivity index (χ1v) is 28.0. The second-order valence-corrected chi connectivity index (χ2v) is 20.2. The van der Waals surface area contributed by atoms with Crippen molar-refractivity contribution in [1.82, 2.24) is 16.0 Å². The van der Waals surface area contributed by atoms with E-state index in [0.717, 1.165) is 12.8 Å². The van der Waals surface area contributed by atoms with Crippen LogP contribution in [0.3, 0.4) is 0 Å². The Balaban J connectivity index is 0.000000496. The van der Waals surface area contributed by atoms with Crippen LogP contribution >= 0.6 is 50.5 Å². The van der Waals surface area contributed by atoms with E-state index in [4.69, 9.17) is 43.7 Å². The molecule has 5 rings (SSSR count). The number of amides is 3. The fourth-order valence-electron chi connectivity index (χ4n) is 7.80. The summed E-state index contributed by atoms with van der Waals surface area (Å²) >= 11 is 15.7. The van der Waals surface area contributed by atoms with Gasteiger partial charge in [0.2, 0.25) is 17.7 Å². The summed E-state index contributed by atoms with van der Waals surface area (Å²) in [7, 11) is 0. The van der Waals surface area contributed by atoms with E-state index in [1.54, 1.807) is 6.92 Å². The lowest BCUT2D eigenvalue weighted by Gasteiger charge is -2.40. The molecule has 0 radical (unpaired) electrons. The summed E-state index contributed by atoms with van der Waals surface area (Å²) in [4.78, 5) is 34.0. The second-order valence-electron chi connectivity index (χ2n) is 18.6. The molecule has 3 amide bonds. The summed E-state index contributed by atoms with van der Waals surface area (Å²) in [5.74, 6) is 0.0429. The lowest BCUT2D eigenvalue weighted by atomic mass is 9.97. The van der Waals surface area contributed by atoms with E-state index >= 15 is 0 Å². The van der Waals surface area contributed by atoms with Crippen LogP contribution < -0.4 is 16.0 Å². The minimum Gasteiger partial charge on any atom is -0.394 e. The Morgan fingerprint density at radius 2 is 0.747 bits per heavy atom. The first-order valence-electron chi connectivity index (χ1n) is 25.5. The number of nitrogens with one attached hydrogen (secondary N) is 3. The highest BCUT2D eigenvalue weighted by atomic mass is 32.1. The standard InChI is InChI=1S/C10H19NO6.C10H20O6.C9H17NO6S.C9H17NO5S2.C7H14O4S/c1-2-3-6(13)11-7-9(15)8(14)5(4-12)17-10(7)16;1-2-3-4-15-10-9(14)8(13)7(12)6(5-11)16-10;11-3-4-7(13)8(14)6(9(15)16-4)10-5(12)1-2-17;11-5(1-2-16)10-6-8(13)7(12)4(3-17)15-9(6)14;1-3-5(8)7(10)6(9)4(2-12)11-3/h5,7-10,12,14-16H,2-4H2,1H3,(H,11,13);6-14H,2-5H2,1H3;4,6-9,11,13-15,17H,1-3H2,(H,10,12);4,6-9,12-14,16-17H,1-3H2,(H,10,11);3-10,12H,2H2,1H3/t5?,7?,8-,9-,10?;6?,7-,8-,9?,10-;4?,6?,7-,8+,9?;4?,6?,7-,8-,9?;3-,4?,5?,6+,7-/m10011/s1. The summed E-state index contributed by atoms with van der Waals surface area (Å²) in [5.41, 5.74) is 0. The zero-order valence-corrected chi connectivity index (χ0v) is 47.4. The van der Waals surface area contributed by atoms with Crippen molar-refractivity contribution in [3.63, 3.8) is 0 Å². The lowest BCUT2D eigenvalue weighted by Crippen LogP contribution is -2.64. The van der Waals surface area contributed by atoms with Crippen LogP contribution in [0.2, 0.25) is 0 Å². The molecule has 30 nitrogen and oxygen atoms in total. The summed E-state index contributed by atoms with van der Waals surface area (Å²) < 4.78 is 30.4. The van der Waals surface area contributed by atoms with Crippen LogP contribution in [0.5, 0.6) is 0 Å². The van der Waals surface area contributed by atoms with Crippen molar-refractivity contribution in [1.29, 1.82) is 0 Å². The third-order valence-corrected chi connectivity index (χ3v) is 13.8. The van der Waals surface area contributed by atoms with Gasteiger partial charge in [-0.05, 0) is 31.3 Å². The molecule has 21 N–H and O–H groups in total. The number of carbonyl (C=O) groups is 3. The van der Waals surface area contributed by atoms with Gasteiger partial charge in [0.15, 0.2) is 25.2 Å². The Kier molecular flexibility index (Phi) is 37.9. The minimum atomic E-state index is -1.48. The number of unbranched alkanes of at least 4 members (excludes halogenated alkanes) is 1. The normalized spacial score (nSPS) is 40.0. The van der Waals surface area contributed by atoms with Crippen molar-refractivity contribution in [2.45, 2.75) is 212 Å². The number of rotatable bonds is 18. The monoisotopic (exact) mass is 1230 g/mol. The quantitative estimate of drug-likeness (QED) is 0.0448. The third kappa shape index (κ3) is 23.7. The fraction of sp³-hybridized carbons (Fsp3) is 0.933. The van der Waals surface area contributed by atoms with E-state index in [9.17, 15) is 91.0 Å². The molecule has 5 heterocycles. The zero-order chi connectivity index (χ0) is 60.4. The van der Waals surface area contributed by atoms with Crippen molar-refractivity contribution in [2.75, 3.05) is 49.4 Å². The van der Waals surface area contributed by atoms with Crippen molar-refractivity contribution in [2.24, 2.45) is 0 Å². The Bertz CT molecular complexity index is 1560. The number of hydrogen-bond donors (Lipinski definition) is 25. The van der Waals surface area contributed by atoms with Crippen LogP contribution in [0.4, 0.5) is 0 Å². The SMILES string of the molecule is CCCC(=O)NC1C(O)OC(CO)[C@@H](O)[C@@H]1O.CCCCO[C@H]1OC(CO)[C@H](O)[C@H](O)C1O.C[C@H]1OC(CS)[C@H](O)[C@H](O)C1O.O=C(CCS)NC1C(O)OC(CO)[C@H](O)[C@@H]1O.O=C(CCS)NC1C(O)OC(CS)[C@@H](O)[C@@H]1O. The highest BCUT2D eigenvalue weighted by Crippen LogP contribution is 2.25. The maximum atomic E-state index is 11.3. The van der Waals surface area contributed by atoms with Crippen LogP contribution in [-0.4, -0.2) is 312 Å². The molecule has 0 saturated carbocycles. The van der Waals surface area contributed by atoms with Gasteiger partial charge in [0.1, 0.15) is 110 Å². The molecule has 5 fully saturated rings. The Morgan fingerprint density at radius 1 is 0.418 bits per heavy atom. The van der Waals surface area contributed by atoms with Crippen molar-refractivity contribution in [3.8, 4) is 0 Å². The molecule has 468 valence electrons. The number of carbonyl (C=O) groups excluding carboxylic acids is 3. The first-order chi connectivity index (χ1) is 37.2. The van der Waals surface area contributed by atoms with Gasteiger partial charge in [0.05, 0.1) is 38.1 Å². The predicted octanol–water partition coefficient (Wildman–Crippen LogP) is -9.53. The van der Waals surface area contributed by atoms with Crippen molar-refractivity contribution in [3.05, 3.63) is 0 Å². The van der Waals surface area contributed by atoms with E-state index < -0.39 is 179 Å². The number of aliphatic hydroxyl groups is 18. The van der Waals surface area contributed by atoms with Crippen LogP contribution in [0, 0.1) is 0 Å². The minimum absolute atomic E-state index is 0.124. The predicted molar refractivity (Wildman–Crippen MR) is 285 cm³/mol. The molecule has 0 aromatic rings. The summed E-state index contributed by atoms with van der Waals surface area (Å²) in [6, 6.07) is -3.26. The van der Waals surface area contributed by atoms with E-state index in [1.165, 1.54) is 0 Å². The molecule has 25 atom stereocenters. The van der Waals surface area contributed by atoms with E-state index in [1.807, 2.05) is 13.8 Å². The molecule has 0 aromatic carbocycles. The molecule has 5 saturated heterocycles. The smallest absolute Gasteiger partial charge is 0.221 e. The van der Waals surface area contributed by atoms with Gasteiger partial charge in [0.25, 0.3) is 0 Å². The molecule has 79 heavy (non-hydrogen) atoms. The van der Waals surface area contributed by atoms with Gasteiger partial charge in [-0.2, -0.15) is 50.5 Å². The highest BCUT2D eigenvalue weighted by Gasteiger charge is 2.48. The van der Waals surface area contributed by atoms with Gasteiger partial charge in [-0.1, -0.05) is 20.3 Å². The van der Waals surface area contributed by atoms with Crippen LogP contribution in [0.15, 0.2) is 0 Å². The lowest BCUT2D eigenvalue weighted by molar-refractivity contribution is -0.301. The third-order valence-electron chi connectivity index (χ3n) is 12.6. The van der Waals surface area contributed by atoms with E-state index in [2.05, 4.69) is 66.5 Å². The van der Waals surface area contributed by atoms with Crippen molar-refractivity contribution < 1.29 is 135 Å². The molecule has 0 aromatic heterocycles. The Hall–Kier alpha value is -1.15. The van der Waals surface area contributed by atoms with Crippen LogP contribution in [0.25, 0.3) is 0 Å². The average Bonchev–Trinajstić information content (AvgIpc) is 3.42. The average molecular weight is 1230 g/mol. The molecular weight excluding hydrogens is 1140 g/mol. The molecule has 34 heteroatoms. The molecule has 5 aliphatic heterocycles. The van der Waals surface area contributed by atoms with E-state index in [-0.39, 0.29) is 36.8 Å². The zero-order valence-electron chi connectivity index (χ0n) is 43.8. The topological polar surface area (TPSA) is 507 Å². The molecule has 13 unspecified atom stereocenters. The van der Waals surface area contributed by atoms with Gasteiger partial charge >= 0.3 is 0 Å². The van der Waals surface area contributed by atoms with Crippen molar-refractivity contribution >= 4 is 68.2 Å². The Morgan fingerprint density at radius 3 is 1.11 bits per heavy atom. The van der Waals surface area contributed by atoms with Gasteiger partial charge < -0.3 is 136 Å². The largest absolute Gasteiger partial charge is 0.394 e. The molecular formula is C45H87N3O27S4. The molecule has 0 bridgehead atoms. The maximum Gasteiger partial charge on any atom is 0.221 e. The van der Waals surface area contributed by atoms with Gasteiger partial charge in [-0.25, -0.2) is 0 Å². The van der Waals surface area contributed by atoms with Gasteiger partial charge in [-0.3, -0.25) is 14.4 Å². The number of ether oxygens (including phenoxy) is 6. The van der Waals surface area contributed by atoms with Gasteiger partial charge in [0, 0.05) is 37.4 Å². The number of hydrogen-bond acceptors (Lipinski definition) is 31. The van der Waals surface area contributed by atoms with Crippen LogP contribution in [-0.2, 0) is 42.8 Å². The summed E-state index contributed by atoms with van der Waals surface area (Å²) in [5, 5.41) is 177. The van der Waals surface area contributed by atoms with Gasteiger partial charge in [-0.15, -0.1) is 0 Å². The molecule has 5 aliphatic rings. The Labute approximate surface area is 479 Å². The number of aliphatic hydroxyl groups excluding tert-OH is 18. The first kappa shape index (κ1) is 75.9. The van der Waals surface area contributed by atoms with E-state index in [0.29, 0.717) is 30.3 Å². The summed E-state index contributed by atoms with van der Waals surface area (Å²) in [6.45, 7) is 4.38. The second kappa shape index (κ2) is 39.5. The maximum absolute atomic E-state index is 11.3. The fourth-order valence-corrected chi connectivity index (χ4v) is 8.81. The van der Waals surface area contributed by atoms with Crippen LogP contribution in [0.1, 0.15) is 59.3 Å². The highest BCUT2D eigenvalue weighted by molar-refractivity contribution is 7.80. The number of thiol groups is 4. The summed E-state index contributed by atoms with van der Waals surface area (Å²) in [6.07, 6.45) is -22.3.